The van der Waals surface area contributed by atoms with Crippen LogP contribution in [0.15, 0.2) is 0 Å². The zero-order chi connectivity index (χ0) is 15.0. The summed E-state index contributed by atoms with van der Waals surface area (Å²) in [5.74, 6) is -0.210. The van der Waals surface area contributed by atoms with Gasteiger partial charge in [0.25, 0.3) is 0 Å². The summed E-state index contributed by atoms with van der Waals surface area (Å²) in [5, 5.41) is 15.0. The number of aliphatic carboxylic acids is 1. The Morgan fingerprint density at radius 3 is 2.60 bits per heavy atom. The molecule has 1 saturated heterocycles. The van der Waals surface area contributed by atoms with Gasteiger partial charge in [-0.3, -0.25) is 9.59 Å². The van der Waals surface area contributed by atoms with Gasteiger partial charge in [-0.2, -0.15) is 0 Å². The van der Waals surface area contributed by atoms with Gasteiger partial charge in [0.2, 0.25) is 5.91 Å². The fraction of sp³-hybridized carbons (Fsp3) is 0.867. The van der Waals surface area contributed by atoms with Crippen molar-refractivity contribution >= 4 is 11.9 Å². The van der Waals surface area contributed by atoms with Gasteiger partial charge in [-0.05, 0) is 38.1 Å². The van der Waals surface area contributed by atoms with Crippen LogP contribution in [0.3, 0.4) is 0 Å². The SMILES string of the molecule is CCC(CCNC(=O)C1(CC)CCNC1)CCC(=O)O. The molecule has 1 rings (SSSR count). The molecule has 1 aliphatic heterocycles. The number of rotatable bonds is 9. The molecule has 116 valence electrons. The molecule has 1 heterocycles. The predicted molar refractivity (Wildman–Crippen MR) is 78.5 cm³/mol. The molecule has 5 nitrogen and oxygen atoms in total. The van der Waals surface area contributed by atoms with Crippen molar-refractivity contribution in [1.82, 2.24) is 10.6 Å². The Morgan fingerprint density at radius 1 is 1.35 bits per heavy atom. The number of carboxylic acid groups (broad SMARTS) is 1. The number of carbonyl (C=O) groups is 2. The van der Waals surface area contributed by atoms with Crippen molar-refractivity contribution in [2.75, 3.05) is 19.6 Å². The van der Waals surface area contributed by atoms with Crippen LogP contribution in [0.4, 0.5) is 0 Å². The molecule has 1 amide bonds. The molecule has 0 aromatic carbocycles. The van der Waals surface area contributed by atoms with Crippen LogP contribution in [0, 0.1) is 11.3 Å². The molecule has 0 aliphatic carbocycles. The van der Waals surface area contributed by atoms with Gasteiger partial charge in [-0.1, -0.05) is 20.3 Å². The standard InChI is InChI=1S/C15H28N2O3/c1-3-12(5-6-13(18)19)7-9-17-14(20)15(4-2)8-10-16-11-15/h12,16H,3-11H2,1-2H3,(H,17,20)(H,18,19). The highest BCUT2D eigenvalue weighted by atomic mass is 16.4. The van der Waals surface area contributed by atoms with E-state index in [-0.39, 0.29) is 17.7 Å². The zero-order valence-electron chi connectivity index (χ0n) is 12.7. The smallest absolute Gasteiger partial charge is 0.303 e. The van der Waals surface area contributed by atoms with Crippen molar-refractivity contribution < 1.29 is 14.7 Å². The number of hydrogen-bond acceptors (Lipinski definition) is 3. The van der Waals surface area contributed by atoms with E-state index in [2.05, 4.69) is 24.5 Å². The van der Waals surface area contributed by atoms with E-state index in [4.69, 9.17) is 5.11 Å². The summed E-state index contributed by atoms with van der Waals surface area (Å²) in [4.78, 5) is 22.9. The van der Waals surface area contributed by atoms with Crippen molar-refractivity contribution in [2.24, 2.45) is 11.3 Å². The molecule has 20 heavy (non-hydrogen) atoms. The first-order valence-electron chi connectivity index (χ1n) is 7.75. The Morgan fingerprint density at radius 2 is 2.10 bits per heavy atom. The lowest BCUT2D eigenvalue weighted by Crippen LogP contribution is -2.42. The molecular weight excluding hydrogens is 256 g/mol. The van der Waals surface area contributed by atoms with Gasteiger partial charge >= 0.3 is 5.97 Å². The van der Waals surface area contributed by atoms with E-state index < -0.39 is 5.97 Å². The minimum Gasteiger partial charge on any atom is -0.481 e. The Balaban J connectivity index is 2.31. The van der Waals surface area contributed by atoms with Crippen molar-refractivity contribution in [3.8, 4) is 0 Å². The lowest BCUT2D eigenvalue weighted by Gasteiger charge is -2.25. The lowest BCUT2D eigenvalue weighted by molar-refractivity contribution is -0.137. The second-order valence-electron chi connectivity index (χ2n) is 5.81. The molecule has 1 aliphatic rings. The molecule has 2 unspecified atom stereocenters. The second kappa shape index (κ2) is 8.25. The maximum atomic E-state index is 12.3. The van der Waals surface area contributed by atoms with Crippen LogP contribution >= 0.6 is 0 Å². The van der Waals surface area contributed by atoms with E-state index in [1.165, 1.54) is 0 Å². The van der Waals surface area contributed by atoms with Crippen molar-refractivity contribution in [3.05, 3.63) is 0 Å². The van der Waals surface area contributed by atoms with Crippen LogP contribution in [-0.2, 0) is 9.59 Å². The van der Waals surface area contributed by atoms with Crippen LogP contribution in [0.1, 0.15) is 52.4 Å². The van der Waals surface area contributed by atoms with Gasteiger partial charge in [0.15, 0.2) is 0 Å². The maximum absolute atomic E-state index is 12.3. The average Bonchev–Trinajstić information content (AvgIpc) is 2.92. The van der Waals surface area contributed by atoms with Crippen LogP contribution < -0.4 is 10.6 Å². The molecule has 0 aromatic heterocycles. The molecule has 1 fully saturated rings. The van der Waals surface area contributed by atoms with Crippen LogP contribution in [-0.4, -0.2) is 36.6 Å². The topological polar surface area (TPSA) is 78.4 Å². The number of carbonyl (C=O) groups excluding carboxylic acids is 1. The van der Waals surface area contributed by atoms with Gasteiger partial charge in [-0.15, -0.1) is 0 Å². The number of amides is 1. The van der Waals surface area contributed by atoms with Crippen molar-refractivity contribution in [2.45, 2.75) is 52.4 Å². The van der Waals surface area contributed by atoms with Gasteiger partial charge in [0.1, 0.15) is 0 Å². The monoisotopic (exact) mass is 284 g/mol. The normalized spacial score (nSPS) is 23.5. The molecule has 0 bridgehead atoms. The third-order valence-corrected chi connectivity index (χ3v) is 4.58. The molecule has 0 saturated carbocycles. The van der Waals surface area contributed by atoms with E-state index in [9.17, 15) is 9.59 Å². The van der Waals surface area contributed by atoms with Gasteiger partial charge in [0, 0.05) is 19.5 Å². The Kier molecular flexibility index (Phi) is 6.99. The third kappa shape index (κ3) is 4.78. The predicted octanol–water partition coefficient (Wildman–Crippen LogP) is 1.77. The molecule has 0 radical (unpaired) electrons. The van der Waals surface area contributed by atoms with Crippen LogP contribution in [0.5, 0.6) is 0 Å². The minimum atomic E-state index is -0.741. The first kappa shape index (κ1) is 17.0. The average molecular weight is 284 g/mol. The Hall–Kier alpha value is -1.10. The lowest BCUT2D eigenvalue weighted by atomic mass is 9.83. The van der Waals surface area contributed by atoms with Gasteiger partial charge in [-0.25, -0.2) is 0 Å². The molecule has 0 aromatic rings. The molecule has 2 atom stereocenters. The van der Waals surface area contributed by atoms with Gasteiger partial charge in [0.05, 0.1) is 5.41 Å². The van der Waals surface area contributed by atoms with Gasteiger partial charge < -0.3 is 15.7 Å². The van der Waals surface area contributed by atoms with Crippen LogP contribution in [0.2, 0.25) is 0 Å². The molecule has 0 spiro atoms. The summed E-state index contributed by atoms with van der Waals surface area (Å²) >= 11 is 0. The molecule has 3 N–H and O–H groups in total. The highest BCUT2D eigenvalue weighted by Crippen LogP contribution is 2.29. The van der Waals surface area contributed by atoms with Crippen LogP contribution in [0.25, 0.3) is 0 Å². The van der Waals surface area contributed by atoms with E-state index in [1.807, 2.05) is 0 Å². The molecular formula is C15H28N2O3. The van der Waals surface area contributed by atoms with E-state index in [0.717, 1.165) is 38.8 Å². The van der Waals surface area contributed by atoms with E-state index in [1.54, 1.807) is 0 Å². The summed E-state index contributed by atoms with van der Waals surface area (Å²) in [6.45, 7) is 6.47. The van der Waals surface area contributed by atoms with Crippen molar-refractivity contribution in [1.29, 1.82) is 0 Å². The first-order chi connectivity index (χ1) is 9.54. The van der Waals surface area contributed by atoms with Crippen molar-refractivity contribution in [3.63, 3.8) is 0 Å². The Bertz CT molecular complexity index is 325. The maximum Gasteiger partial charge on any atom is 0.303 e. The fourth-order valence-corrected chi connectivity index (χ4v) is 2.86. The first-order valence-corrected chi connectivity index (χ1v) is 7.75. The largest absolute Gasteiger partial charge is 0.481 e. The summed E-state index contributed by atoms with van der Waals surface area (Å²) in [6.07, 6.45) is 4.51. The highest BCUT2D eigenvalue weighted by Gasteiger charge is 2.39. The quantitative estimate of drug-likeness (QED) is 0.603. The fourth-order valence-electron chi connectivity index (χ4n) is 2.86. The summed E-state index contributed by atoms with van der Waals surface area (Å²) in [5.41, 5.74) is -0.233. The number of hydrogen-bond donors (Lipinski definition) is 3. The third-order valence-electron chi connectivity index (χ3n) is 4.58. The molecule has 5 heteroatoms. The number of nitrogens with one attached hydrogen (secondary N) is 2. The Labute approximate surface area is 121 Å². The van der Waals surface area contributed by atoms with E-state index in [0.29, 0.717) is 18.9 Å². The second-order valence-corrected chi connectivity index (χ2v) is 5.81. The summed E-state index contributed by atoms with van der Waals surface area (Å²) in [7, 11) is 0. The highest BCUT2D eigenvalue weighted by molar-refractivity contribution is 5.83. The zero-order valence-corrected chi connectivity index (χ0v) is 12.7. The van der Waals surface area contributed by atoms with E-state index >= 15 is 0 Å². The summed E-state index contributed by atoms with van der Waals surface area (Å²) in [6, 6.07) is 0. The minimum absolute atomic E-state index is 0.151. The summed E-state index contributed by atoms with van der Waals surface area (Å²) < 4.78 is 0. The number of carboxylic acids is 1.